The predicted molar refractivity (Wildman–Crippen MR) is 70.8 cm³/mol. The van der Waals surface area contributed by atoms with Crippen LogP contribution in [0.15, 0.2) is 6.07 Å². The van der Waals surface area contributed by atoms with Crippen molar-refractivity contribution in [2.24, 2.45) is 0 Å². The van der Waals surface area contributed by atoms with Crippen molar-refractivity contribution in [3.05, 3.63) is 17.5 Å². The molecule has 0 radical (unpaired) electrons. The molecule has 0 atom stereocenters. The van der Waals surface area contributed by atoms with E-state index >= 15 is 0 Å². The largest absolute Gasteiger partial charge is 0.303 e. The van der Waals surface area contributed by atoms with Gasteiger partial charge in [0.25, 0.3) is 0 Å². The molecule has 0 bridgehead atoms. The van der Waals surface area contributed by atoms with Crippen LogP contribution in [0, 0.1) is 13.8 Å². The van der Waals surface area contributed by atoms with Crippen molar-refractivity contribution in [1.29, 1.82) is 0 Å². The Labute approximate surface area is 106 Å². The van der Waals surface area contributed by atoms with Gasteiger partial charge in [-0.25, -0.2) is 9.97 Å². The molecule has 0 aliphatic rings. The van der Waals surface area contributed by atoms with Gasteiger partial charge in [0.15, 0.2) is 5.11 Å². The van der Waals surface area contributed by atoms with Crippen molar-refractivity contribution in [2.75, 3.05) is 5.32 Å². The lowest BCUT2D eigenvalue weighted by Crippen LogP contribution is -2.34. The first kappa shape index (κ1) is 13.5. The van der Waals surface area contributed by atoms with E-state index in [2.05, 4.69) is 20.6 Å². The molecule has 0 aliphatic carbocycles. The highest BCUT2D eigenvalue weighted by Crippen LogP contribution is 2.03. The van der Waals surface area contributed by atoms with Crippen molar-refractivity contribution in [3.8, 4) is 0 Å². The van der Waals surface area contributed by atoms with Gasteiger partial charge in [0.05, 0.1) is 0 Å². The fraction of sp³-hybridized carbons (Fsp3) is 0.455. The summed E-state index contributed by atoms with van der Waals surface area (Å²) in [6, 6.07) is 1.86. The number of amides is 1. The molecule has 0 aliphatic heterocycles. The molecular formula is C11H16N4OS. The van der Waals surface area contributed by atoms with Crippen LogP contribution < -0.4 is 10.6 Å². The normalized spacial score (nSPS) is 9.82. The Morgan fingerprint density at radius 3 is 2.47 bits per heavy atom. The molecule has 1 rings (SSSR count). The minimum Gasteiger partial charge on any atom is -0.303 e. The second-order valence-corrected chi connectivity index (χ2v) is 4.13. The van der Waals surface area contributed by atoms with Gasteiger partial charge in [0.2, 0.25) is 11.9 Å². The van der Waals surface area contributed by atoms with Crippen molar-refractivity contribution >= 4 is 29.2 Å². The van der Waals surface area contributed by atoms with Crippen LogP contribution in [0.25, 0.3) is 0 Å². The molecule has 5 nitrogen and oxygen atoms in total. The molecule has 6 heteroatoms. The zero-order valence-electron chi connectivity index (χ0n) is 10.2. The van der Waals surface area contributed by atoms with Crippen LogP contribution in [0.5, 0.6) is 0 Å². The van der Waals surface area contributed by atoms with Crippen LogP contribution in [0.2, 0.25) is 0 Å². The van der Waals surface area contributed by atoms with Gasteiger partial charge in [-0.2, -0.15) is 0 Å². The van der Waals surface area contributed by atoms with Crippen LogP contribution in [0.1, 0.15) is 31.2 Å². The maximum absolute atomic E-state index is 11.3. The third-order valence-electron chi connectivity index (χ3n) is 1.94. The summed E-state index contributed by atoms with van der Waals surface area (Å²) in [5.74, 6) is 0.304. The highest BCUT2D eigenvalue weighted by Gasteiger charge is 2.05. The Morgan fingerprint density at radius 1 is 1.35 bits per heavy atom. The number of hydrogen-bond donors (Lipinski definition) is 2. The quantitative estimate of drug-likeness (QED) is 0.802. The van der Waals surface area contributed by atoms with E-state index in [4.69, 9.17) is 12.2 Å². The van der Waals surface area contributed by atoms with Gasteiger partial charge in [-0.3, -0.25) is 4.79 Å². The van der Waals surface area contributed by atoms with Crippen LogP contribution in [-0.2, 0) is 4.79 Å². The average Bonchev–Trinajstić information content (AvgIpc) is 2.14. The Hall–Kier alpha value is -1.56. The molecular weight excluding hydrogens is 236 g/mol. The summed E-state index contributed by atoms with van der Waals surface area (Å²) in [5, 5.41) is 5.59. The predicted octanol–water partition coefficient (Wildman–Crippen LogP) is 1.71. The second-order valence-electron chi connectivity index (χ2n) is 3.73. The lowest BCUT2D eigenvalue weighted by atomic mass is 10.3. The molecule has 92 valence electrons. The molecule has 0 fully saturated rings. The Bertz CT molecular complexity index is 413. The molecule has 0 saturated carbocycles. The van der Waals surface area contributed by atoms with Crippen molar-refractivity contribution in [3.63, 3.8) is 0 Å². The van der Waals surface area contributed by atoms with Gasteiger partial charge in [0, 0.05) is 17.8 Å². The van der Waals surface area contributed by atoms with Crippen LogP contribution in [0.3, 0.4) is 0 Å². The van der Waals surface area contributed by atoms with Gasteiger partial charge in [-0.15, -0.1) is 0 Å². The van der Waals surface area contributed by atoms with E-state index in [1.54, 1.807) is 0 Å². The van der Waals surface area contributed by atoms with Gasteiger partial charge in [-0.05, 0) is 38.6 Å². The molecule has 17 heavy (non-hydrogen) atoms. The first-order valence-electron chi connectivity index (χ1n) is 5.44. The summed E-state index contributed by atoms with van der Waals surface area (Å²) in [7, 11) is 0. The Morgan fingerprint density at radius 2 is 1.94 bits per heavy atom. The van der Waals surface area contributed by atoms with Gasteiger partial charge in [0.1, 0.15) is 0 Å². The van der Waals surface area contributed by atoms with Gasteiger partial charge in [-0.1, -0.05) is 6.92 Å². The molecule has 0 aromatic carbocycles. The average molecular weight is 252 g/mol. The van der Waals surface area contributed by atoms with Gasteiger partial charge >= 0.3 is 0 Å². The number of aryl methyl sites for hydroxylation is 2. The van der Waals surface area contributed by atoms with E-state index in [9.17, 15) is 4.79 Å². The van der Waals surface area contributed by atoms with E-state index in [0.717, 1.165) is 17.8 Å². The highest BCUT2D eigenvalue weighted by molar-refractivity contribution is 7.80. The van der Waals surface area contributed by atoms with E-state index < -0.39 is 0 Å². The molecule has 1 aromatic rings. The SMILES string of the molecule is CCCC(=O)NC(=S)Nc1nc(C)cc(C)n1. The number of carbonyl (C=O) groups is 1. The highest BCUT2D eigenvalue weighted by atomic mass is 32.1. The Kier molecular flexibility index (Phi) is 4.96. The van der Waals surface area contributed by atoms with E-state index in [0.29, 0.717) is 12.4 Å². The molecule has 1 amide bonds. The topological polar surface area (TPSA) is 66.9 Å². The summed E-state index contributed by atoms with van der Waals surface area (Å²) >= 11 is 4.99. The third-order valence-corrected chi connectivity index (χ3v) is 2.14. The van der Waals surface area contributed by atoms with Crippen LogP contribution >= 0.6 is 12.2 Å². The number of thiocarbonyl (C=S) groups is 1. The molecule has 1 aromatic heterocycles. The third kappa shape index (κ3) is 4.86. The second kappa shape index (κ2) is 6.24. The van der Waals surface area contributed by atoms with Crippen molar-refractivity contribution < 1.29 is 4.79 Å². The minimum atomic E-state index is -0.102. The first-order chi connectivity index (χ1) is 8.01. The Balaban J connectivity index is 2.59. The number of hydrogen-bond acceptors (Lipinski definition) is 4. The van der Waals surface area contributed by atoms with Crippen molar-refractivity contribution in [1.82, 2.24) is 15.3 Å². The number of nitrogens with zero attached hydrogens (tertiary/aromatic N) is 2. The van der Waals surface area contributed by atoms with E-state index in [1.807, 2.05) is 26.8 Å². The molecule has 2 N–H and O–H groups in total. The van der Waals surface area contributed by atoms with E-state index in [1.165, 1.54) is 0 Å². The van der Waals surface area contributed by atoms with Gasteiger partial charge < -0.3 is 10.6 Å². The summed E-state index contributed by atoms with van der Waals surface area (Å²) in [6.45, 7) is 5.68. The van der Waals surface area contributed by atoms with Crippen LogP contribution in [-0.4, -0.2) is 21.0 Å². The first-order valence-corrected chi connectivity index (χ1v) is 5.85. The number of nitrogens with one attached hydrogen (secondary N) is 2. The standard InChI is InChI=1S/C11H16N4OS/c1-4-5-9(16)14-11(17)15-10-12-7(2)6-8(3)13-10/h6H,4-5H2,1-3H3,(H2,12,13,14,15,16,17). The summed E-state index contributed by atoms with van der Waals surface area (Å²) in [6.07, 6.45) is 1.24. The number of aromatic nitrogens is 2. The molecule has 0 unspecified atom stereocenters. The smallest absolute Gasteiger partial charge is 0.229 e. The minimum absolute atomic E-state index is 0.102. The molecule has 1 heterocycles. The van der Waals surface area contributed by atoms with Crippen molar-refractivity contribution in [2.45, 2.75) is 33.6 Å². The lowest BCUT2D eigenvalue weighted by Gasteiger charge is -2.08. The lowest BCUT2D eigenvalue weighted by molar-refractivity contribution is -0.119. The maximum Gasteiger partial charge on any atom is 0.229 e. The summed E-state index contributed by atoms with van der Waals surface area (Å²) < 4.78 is 0. The zero-order valence-corrected chi connectivity index (χ0v) is 11.0. The fourth-order valence-corrected chi connectivity index (χ4v) is 1.54. The number of rotatable bonds is 3. The zero-order chi connectivity index (χ0) is 12.8. The summed E-state index contributed by atoms with van der Waals surface area (Å²) in [5.41, 5.74) is 1.70. The summed E-state index contributed by atoms with van der Waals surface area (Å²) in [4.78, 5) is 19.6. The van der Waals surface area contributed by atoms with E-state index in [-0.39, 0.29) is 11.0 Å². The molecule has 0 saturated heterocycles. The fourth-order valence-electron chi connectivity index (χ4n) is 1.33. The maximum atomic E-state index is 11.3. The molecule has 0 spiro atoms. The monoisotopic (exact) mass is 252 g/mol. The number of carbonyl (C=O) groups excluding carboxylic acids is 1. The number of anilines is 1. The van der Waals surface area contributed by atoms with Crippen LogP contribution in [0.4, 0.5) is 5.95 Å².